The summed E-state index contributed by atoms with van der Waals surface area (Å²) in [5.74, 6) is 0. The number of hydrogen-bond donors (Lipinski definition) is 2. The van der Waals surface area contributed by atoms with Crippen molar-refractivity contribution >= 4 is 17.4 Å². The number of halogens is 3. The van der Waals surface area contributed by atoms with Crippen LogP contribution in [-0.2, 0) is 12.7 Å². The molecule has 2 N–H and O–H groups in total. The summed E-state index contributed by atoms with van der Waals surface area (Å²) in [6, 6.07) is 0.226. The van der Waals surface area contributed by atoms with Crippen molar-refractivity contribution in [1.82, 2.24) is 30.1 Å². The zero-order valence-corrected chi connectivity index (χ0v) is 14.3. The summed E-state index contributed by atoms with van der Waals surface area (Å²) in [6.07, 6.45) is 2.01. The van der Waals surface area contributed by atoms with E-state index in [2.05, 4.69) is 35.5 Å². The number of methoxy groups -OCH3 is 1. The molecule has 0 aromatic carbocycles. The molecule has 3 rings (SSSR count). The monoisotopic (exact) mass is 394 g/mol. The number of ether oxygens (including phenoxy) is 1. The predicted octanol–water partition coefficient (Wildman–Crippen LogP) is 2.26. The first kappa shape index (κ1) is 19.0. The summed E-state index contributed by atoms with van der Waals surface area (Å²) in [5, 5.41) is 8.04. The van der Waals surface area contributed by atoms with E-state index in [1.54, 1.807) is 0 Å². The average Bonchev–Trinajstić information content (AvgIpc) is 3.16. The van der Waals surface area contributed by atoms with Crippen molar-refractivity contribution in [2.45, 2.75) is 12.7 Å². The van der Waals surface area contributed by atoms with E-state index in [4.69, 9.17) is 4.74 Å². The molecule has 3 heterocycles. The Bertz CT molecular complexity index is 930. The van der Waals surface area contributed by atoms with Crippen LogP contribution in [0.15, 0.2) is 37.2 Å². The molecule has 0 unspecified atom stereocenters. The highest BCUT2D eigenvalue weighted by molar-refractivity contribution is 6.01. The summed E-state index contributed by atoms with van der Waals surface area (Å²) >= 11 is 0. The first-order valence-electron chi connectivity index (χ1n) is 7.68. The van der Waals surface area contributed by atoms with Crippen molar-refractivity contribution in [2.75, 3.05) is 17.3 Å². The number of aromatic nitrogens is 6. The third-order valence-electron chi connectivity index (χ3n) is 3.42. The lowest BCUT2D eigenvalue weighted by molar-refractivity contribution is -0.141. The van der Waals surface area contributed by atoms with Gasteiger partial charge in [0.05, 0.1) is 55.5 Å². The lowest BCUT2D eigenvalue weighted by atomic mass is 10.3. The first-order valence-corrected chi connectivity index (χ1v) is 7.68. The zero-order chi connectivity index (χ0) is 20.1. The molecule has 146 valence electrons. The normalized spacial score (nSPS) is 11.1. The van der Waals surface area contributed by atoms with Crippen LogP contribution in [0.25, 0.3) is 0 Å². The Morgan fingerprint density at radius 2 is 1.89 bits per heavy atom. The van der Waals surface area contributed by atoms with Gasteiger partial charge in [0, 0.05) is 0 Å². The standard InChI is InChI=1S/C15H13F3N8O2/c1-28-13-21-5-11(6-22-13)26(14(27)23-10-3-19-8-20-4-10)7-9-2-12(25-24-9)15(16,17)18/h2-6,8H,7H2,1H3,(H,23,27)(H,24,25). The van der Waals surface area contributed by atoms with E-state index < -0.39 is 17.9 Å². The van der Waals surface area contributed by atoms with Gasteiger partial charge < -0.3 is 10.1 Å². The molecule has 10 nitrogen and oxygen atoms in total. The second kappa shape index (κ2) is 7.85. The zero-order valence-electron chi connectivity index (χ0n) is 14.3. The van der Waals surface area contributed by atoms with E-state index in [1.165, 1.54) is 38.2 Å². The van der Waals surface area contributed by atoms with E-state index >= 15 is 0 Å². The summed E-state index contributed by atoms with van der Waals surface area (Å²) < 4.78 is 43.2. The number of nitrogens with zero attached hydrogens (tertiary/aromatic N) is 6. The molecule has 0 saturated carbocycles. The van der Waals surface area contributed by atoms with Crippen LogP contribution in [0.1, 0.15) is 11.4 Å². The Labute approximate surface area is 155 Å². The van der Waals surface area contributed by atoms with Gasteiger partial charge in [0.25, 0.3) is 0 Å². The van der Waals surface area contributed by atoms with Gasteiger partial charge >= 0.3 is 18.2 Å². The Balaban J connectivity index is 1.87. The van der Waals surface area contributed by atoms with Crippen LogP contribution in [0.2, 0.25) is 0 Å². The first-order chi connectivity index (χ1) is 13.4. The lowest BCUT2D eigenvalue weighted by Crippen LogP contribution is -2.35. The smallest absolute Gasteiger partial charge is 0.435 e. The number of nitrogens with one attached hydrogen (secondary N) is 2. The number of aromatic amines is 1. The molecule has 0 radical (unpaired) electrons. The number of urea groups is 1. The lowest BCUT2D eigenvalue weighted by Gasteiger charge is -2.21. The highest BCUT2D eigenvalue weighted by atomic mass is 19.4. The number of carbonyl (C=O) groups is 1. The Morgan fingerprint density at radius 1 is 1.21 bits per heavy atom. The molecular formula is C15H13F3N8O2. The van der Waals surface area contributed by atoms with Gasteiger partial charge in [-0.15, -0.1) is 0 Å². The quantitative estimate of drug-likeness (QED) is 0.681. The number of amides is 2. The molecule has 3 aromatic heterocycles. The number of hydrogen-bond acceptors (Lipinski definition) is 7. The summed E-state index contributed by atoms with van der Waals surface area (Å²) in [6.45, 7) is -0.252. The maximum atomic E-state index is 12.8. The minimum Gasteiger partial charge on any atom is -0.467 e. The number of rotatable bonds is 5. The molecule has 0 bridgehead atoms. The maximum Gasteiger partial charge on any atom is 0.435 e. The highest BCUT2D eigenvalue weighted by Gasteiger charge is 2.34. The van der Waals surface area contributed by atoms with Gasteiger partial charge in [0.2, 0.25) is 0 Å². The second-order valence-electron chi connectivity index (χ2n) is 5.35. The van der Waals surface area contributed by atoms with Crippen LogP contribution in [-0.4, -0.2) is 43.3 Å². The van der Waals surface area contributed by atoms with E-state index in [-0.39, 0.29) is 23.9 Å². The molecule has 0 aliphatic rings. The van der Waals surface area contributed by atoms with Crippen molar-refractivity contribution in [2.24, 2.45) is 0 Å². The van der Waals surface area contributed by atoms with Gasteiger partial charge in [-0.2, -0.15) is 18.3 Å². The fourth-order valence-electron chi connectivity index (χ4n) is 2.15. The van der Waals surface area contributed by atoms with Crippen molar-refractivity contribution in [3.63, 3.8) is 0 Å². The number of anilines is 2. The molecule has 28 heavy (non-hydrogen) atoms. The average molecular weight is 394 g/mol. The molecular weight excluding hydrogens is 381 g/mol. The van der Waals surface area contributed by atoms with E-state index in [0.29, 0.717) is 5.69 Å². The number of carbonyl (C=O) groups excluding carboxylic acids is 1. The van der Waals surface area contributed by atoms with Crippen molar-refractivity contribution in [1.29, 1.82) is 0 Å². The number of alkyl halides is 3. The van der Waals surface area contributed by atoms with Gasteiger partial charge in [0.15, 0.2) is 5.69 Å². The fourth-order valence-corrected chi connectivity index (χ4v) is 2.15. The SMILES string of the molecule is COc1ncc(N(Cc2cc(C(F)(F)F)n[nH]2)C(=O)Nc2cncnc2)cn1. The van der Waals surface area contributed by atoms with Crippen LogP contribution in [0.3, 0.4) is 0 Å². The van der Waals surface area contributed by atoms with Crippen molar-refractivity contribution in [3.8, 4) is 6.01 Å². The van der Waals surface area contributed by atoms with E-state index in [9.17, 15) is 18.0 Å². The fraction of sp³-hybridized carbons (Fsp3) is 0.200. The Kier molecular flexibility index (Phi) is 5.33. The van der Waals surface area contributed by atoms with Crippen molar-refractivity contribution in [3.05, 3.63) is 48.6 Å². The van der Waals surface area contributed by atoms with Crippen LogP contribution >= 0.6 is 0 Å². The Hall–Kier alpha value is -3.77. The van der Waals surface area contributed by atoms with Gasteiger partial charge in [-0.05, 0) is 6.07 Å². The van der Waals surface area contributed by atoms with Crippen LogP contribution in [0, 0.1) is 0 Å². The molecule has 2 amide bonds. The number of H-pyrrole nitrogens is 1. The second-order valence-corrected chi connectivity index (χ2v) is 5.35. The predicted molar refractivity (Wildman–Crippen MR) is 89.4 cm³/mol. The summed E-state index contributed by atoms with van der Waals surface area (Å²) in [7, 11) is 1.37. The van der Waals surface area contributed by atoms with E-state index in [1.807, 2.05) is 0 Å². The van der Waals surface area contributed by atoms with Crippen LogP contribution < -0.4 is 15.0 Å². The summed E-state index contributed by atoms with van der Waals surface area (Å²) in [5.41, 5.74) is -0.515. The molecule has 13 heteroatoms. The van der Waals surface area contributed by atoms with Gasteiger partial charge in [-0.1, -0.05) is 0 Å². The van der Waals surface area contributed by atoms with Crippen molar-refractivity contribution < 1.29 is 22.7 Å². The Morgan fingerprint density at radius 3 is 2.46 bits per heavy atom. The highest BCUT2D eigenvalue weighted by Crippen LogP contribution is 2.28. The van der Waals surface area contributed by atoms with Gasteiger partial charge in [0.1, 0.15) is 6.33 Å². The van der Waals surface area contributed by atoms with Crippen LogP contribution in [0.5, 0.6) is 6.01 Å². The largest absolute Gasteiger partial charge is 0.467 e. The topological polar surface area (TPSA) is 122 Å². The maximum absolute atomic E-state index is 12.8. The molecule has 0 aliphatic heterocycles. The molecule has 0 fully saturated rings. The minimum absolute atomic E-state index is 0.0580. The minimum atomic E-state index is -4.60. The van der Waals surface area contributed by atoms with Gasteiger partial charge in [-0.3, -0.25) is 10.00 Å². The van der Waals surface area contributed by atoms with E-state index in [0.717, 1.165) is 11.0 Å². The third kappa shape index (κ3) is 4.49. The molecule has 0 saturated heterocycles. The molecule has 3 aromatic rings. The third-order valence-corrected chi connectivity index (χ3v) is 3.42. The summed E-state index contributed by atoms with van der Waals surface area (Å²) in [4.78, 5) is 29.2. The molecule has 0 aliphatic carbocycles. The van der Waals surface area contributed by atoms with Crippen LogP contribution in [0.4, 0.5) is 29.3 Å². The molecule has 0 spiro atoms. The van der Waals surface area contributed by atoms with Gasteiger partial charge in [-0.25, -0.2) is 24.7 Å². The molecule has 0 atom stereocenters.